The first kappa shape index (κ1) is 23.1. The summed E-state index contributed by atoms with van der Waals surface area (Å²) in [5.41, 5.74) is 2.62. The SMILES string of the molecule is CCN(CC)S(=O)(=O)c1cccc(N2Cc3ccccc3C2=NC(=O)c2cccnc2Cl)c1. The highest BCUT2D eigenvalue weighted by atomic mass is 35.5. The zero-order valence-corrected chi connectivity index (χ0v) is 19.8. The molecule has 0 unspecified atom stereocenters. The van der Waals surface area contributed by atoms with E-state index in [4.69, 9.17) is 11.6 Å². The Hall–Kier alpha value is -3.07. The van der Waals surface area contributed by atoms with Crippen molar-refractivity contribution in [2.75, 3.05) is 18.0 Å². The average Bonchev–Trinajstić information content (AvgIpc) is 3.18. The number of carbonyl (C=O) groups excluding carboxylic acids is 1. The summed E-state index contributed by atoms with van der Waals surface area (Å²) in [5, 5.41) is 0.0806. The van der Waals surface area contributed by atoms with Gasteiger partial charge in [0.25, 0.3) is 5.91 Å². The van der Waals surface area contributed by atoms with Crippen molar-refractivity contribution in [1.82, 2.24) is 9.29 Å². The fourth-order valence-corrected chi connectivity index (χ4v) is 5.53. The second kappa shape index (κ2) is 9.43. The van der Waals surface area contributed by atoms with Crippen LogP contribution in [0, 0.1) is 0 Å². The van der Waals surface area contributed by atoms with Gasteiger partial charge in [0.2, 0.25) is 10.0 Å². The summed E-state index contributed by atoms with van der Waals surface area (Å²) in [7, 11) is -3.64. The molecule has 0 radical (unpaired) electrons. The van der Waals surface area contributed by atoms with Crippen molar-refractivity contribution in [2.24, 2.45) is 4.99 Å². The van der Waals surface area contributed by atoms with Gasteiger partial charge in [-0.15, -0.1) is 0 Å². The minimum atomic E-state index is -3.64. The van der Waals surface area contributed by atoms with Crippen molar-refractivity contribution < 1.29 is 13.2 Å². The number of aliphatic imine (C=N–C) groups is 1. The number of carbonyl (C=O) groups is 1. The smallest absolute Gasteiger partial charge is 0.282 e. The summed E-state index contributed by atoms with van der Waals surface area (Å²) in [4.78, 5) is 23.3. The summed E-state index contributed by atoms with van der Waals surface area (Å²) in [6.45, 7) is 4.83. The number of hydrogen-bond donors (Lipinski definition) is 0. The Morgan fingerprint density at radius 2 is 1.85 bits per heavy atom. The lowest BCUT2D eigenvalue weighted by atomic mass is 10.1. The van der Waals surface area contributed by atoms with Gasteiger partial charge in [0.1, 0.15) is 11.0 Å². The largest absolute Gasteiger partial charge is 0.321 e. The molecule has 0 N–H and O–H groups in total. The maximum Gasteiger partial charge on any atom is 0.282 e. The van der Waals surface area contributed by atoms with Crippen LogP contribution in [-0.2, 0) is 16.6 Å². The molecule has 9 heteroatoms. The molecular formula is C24H23ClN4O3S. The van der Waals surface area contributed by atoms with E-state index in [-0.39, 0.29) is 15.6 Å². The number of rotatable bonds is 6. The molecule has 7 nitrogen and oxygen atoms in total. The summed E-state index contributed by atoms with van der Waals surface area (Å²) in [6.07, 6.45) is 1.51. The predicted octanol–water partition coefficient (Wildman–Crippen LogP) is 4.37. The molecule has 1 aromatic heterocycles. The van der Waals surface area contributed by atoms with Gasteiger partial charge in [-0.3, -0.25) is 4.79 Å². The molecule has 0 saturated carbocycles. The van der Waals surface area contributed by atoms with Gasteiger partial charge in [-0.05, 0) is 35.9 Å². The van der Waals surface area contributed by atoms with E-state index in [1.165, 1.54) is 10.5 Å². The maximum atomic E-state index is 13.1. The number of hydrogen-bond acceptors (Lipinski definition) is 4. The van der Waals surface area contributed by atoms with Crippen LogP contribution in [0.5, 0.6) is 0 Å². The standard InChI is InChI=1S/C24H23ClN4O3S/c1-3-28(4-2)33(31,32)19-11-7-10-18(15-19)29-16-17-9-5-6-12-20(17)23(29)27-24(30)21-13-8-14-26-22(21)25/h5-15H,3-4,16H2,1-2H3. The van der Waals surface area contributed by atoms with E-state index in [1.807, 2.05) is 49.1 Å². The van der Waals surface area contributed by atoms with E-state index in [0.717, 1.165) is 11.1 Å². The third-order valence-corrected chi connectivity index (χ3v) is 7.86. The molecule has 1 aliphatic heterocycles. The summed E-state index contributed by atoms with van der Waals surface area (Å²) in [6, 6.07) is 17.6. The Morgan fingerprint density at radius 1 is 1.09 bits per heavy atom. The van der Waals surface area contributed by atoms with E-state index >= 15 is 0 Å². The van der Waals surface area contributed by atoms with E-state index in [0.29, 0.717) is 31.2 Å². The Kier molecular flexibility index (Phi) is 6.60. The van der Waals surface area contributed by atoms with Crippen LogP contribution < -0.4 is 4.90 Å². The molecule has 0 aliphatic carbocycles. The van der Waals surface area contributed by atoms with Crippen molar-refractivity contribution in [1.29, 1.82) is 0 Å². The number of nitrogens with zero attached hydrogens (tertiary/aromatic N) is 4. The van der Waals surface area contributed by atoms with Gasteiger partial charge in [-0.2, -0.15) is 9.30 Å². The van der Waals surface area contributed by atoms with Crippen molar-refractivity contribution in [3.63, 3.8) is 0 Å². The van der Waals surface area contributed by atoms with Crippen LogP contribution in [0.15, 0.2) is 76.7 Å². The first-order valence-corrected chi connectivity index (χ1v) is 12.4. The number of pyridine rings is 1. The Bertz CT molecular complexity index is 1340. The Balaban J connectivity index is 1.79. The molecule has 0 spiro atoms. The molecule has 2 aromatic carbocycles. The lowest BCUT2D eigenvalue weighted by Gasteiger charge is -2.22. The second-order valence-electron chi connectivity index (χ2n) is 7.41. The van der Waals surface area contributed by atoms with Gasteiger partial charge >= 0.3 is 0 Å². The van der Waals surface area contributed by atoms with E-state index in [1.54, 1.807) is 30.3 Å². The highest BCUT2D eigenvalue weighted by Gasteiger charge is 2.29. The van der Waals surface area contributed by atoms with Crippen molar-refractivity contribution >= 4 is 39.1 Å². The zero-order chi connectivity index (χ0) is 23.6. The predicted molar refractivity (Wildman–Crippen MR) is 129 cm³/mol. The van der Waals surface area contributed by atoms with Gasteiger partial charge in [-0.1, -0.05) is 55.8 Å². The van der Waals surface area contributed by atoms with Crippen molar-refractivity contribution in [3.05, 3.63) is 88.7 Å². The van der Waals surface area contributed by atoms with Gasteiger partial charge in [0, 0.05) is 30.5 Å². The van der Waals surface area contributed by atoms with Crippen LogP contribution in [0.4, 0.5) is 5.69 Å². The van der Waals surface area contributed by atoms with Gasteiger partial charge in [0.05, 0.1) is 17.0 Å². The number of amidine groups is 1. The average molecular weight is 483 g/mol. The molecule has 2 heterocycles. The van der Waals surface area contributed by atoms with Crippen molar-refractivity contribution in [3.8, 4) is 0 Å². The first-order chi connectivity index (χ1) is 15.9. The summed E-state index contributed by atoms with van der Waals surface area (Å²) < 4.78 is 27.5. The molecule has 0 bridgehead atoms. The maximum absolute atomic E-state index is 13.1. The molecule has 33 heavy (non-hydrogen) atoms. The number of aromatic nitrogens is 1. The minimum absolute atomic E-state index is 0.0806. The molecule has 0 atom stereocenters. The number of sulfonamides is 1. The molecule has 170 valence electrons. The van der Waals surface area contributed by atoms with Crippen LogP contribution in [0.1, 0.15) is 35.3 Å². The highest BCUT2D eigenvalue weighted by molar-refractivity contribution is 7.89. The minimum Gasteiger partial charge on any atom is -0.321 e. The second-order valence-corrected chi connectivity index (χ2v) is 9.71. The lowest BCUT2D eigenvalue weighted by Crippen LogP contribution is -2.31. The monoisotopic (exact) mass is 482 g/mol. The Morgan fingerprint density at radius 3 is 2.58 bits per heavy atom. The fourth-order valence-electron chi connectivity index (χ4n) is 3.83. The van der Waals surface area contributed by atoms with Crippen LogP contribution >= 0.6 is 11.6 Å². The van der Waals surface area contributed by atoms with Gasteiger partial charge in [-0.25, -0.2) is 13.4 Å². The fraction of sp³-hybridized carbons (Fsp3) is 0.208. The molecule has 0 saturated heterocycles. The quantitative estimate of drug-likeness (QED) is 0.487. The molecule has 4 rings (SSSR count). The topological polar surface area (TPSA) is 82.9 Å². The zero-order valence-electron chi connectivity index (χ0n) is 18.3. The molecule has 1 amide bonds. The van der Waals surface area contributed by atoms with Crippen LogP contribution in [0.3, 0.4) is 0 Å². The molecule has 1 aliphatic rings. The number of benzene rings is 2. The summed E-state index contributed by atoms with van der Waals surface area (Å²) >= 11 is 6.10. The third-order valence-electron chi connectivity index (χ3n) is 5.51. The summed E-state index contributed by atoms with van der Waals surface area (Å²) in [5.74, 6) is -0.0790. The number of halogens is 1. The van der Waals surface area contributed by atoms with E-state index in [2.05, 4.69) is 9.98 Å². The number of anilines is 1. The van der Waals surface area contributed by atoms with E-state index in [9.17, 15) is 13.2 Å². The van der Waals surface area contributed by atoms with Crippen LogP contribution in [0.2, 0.25) is 5.15 Å². The van der Waals surface area contributed by atoms with Gasteiger partial charge in [0.15, 0.2) is 0 Å². The van der Waals surface area contributed by atoms with Crippen LogP contribution in [0.25, 0.3) is 0 Å². The number of fused-ring (bicyclic) bond motifs is 1. The molecule has 0 fully saturated rings. The van der Waals surface area contributed by atoms with Crippen LogP contribution in [-0.4, -0.2) is 42.5 Å². The van der Waals surface area contributed by atoms with Crippen molar-refractivity contribution in [2.45, 2.75) is 25.3 Å². The first-order valence-electron chi connectivity index (χ1n) is 10.6. The van der Waals surface area contributed by atoms with Gasteiger partial charge < -0.3 is 4.90 Å². The normalized spacial score (nSPS) is 14.7. The third kappa shape index (κ3) is 4.42. The van der Waals surface area contributed by atoms with E-state index < -0.39 is 15.9 Å². The lowest BCUT2D eigenvalue weighted by molar-refractivity contribution is 0.100. The highest BCUT2D eigenvalue weighted by Crippen LogP contribution is 2.31. The molecular weight excluding hydrogens is 460 g/mol. The molecule has 3 aromatic rings. The Labute approximate surface area is 198 Å². The number of amides is 1.